The average Bonchev–Trinajstić information content (AvgIpc) is 2.44. The highest BCUT2D eigenvalue weighted by Crippen LogP contribution is 2.15. The molecule has 1 aromatic heterocycles. The van der Waals surface area contributed by atoms with Gasteiger partial charge in [0, 0.05) is 0 Å². The first-order chi connectivity index (χ1) is 6.68. The zero-order valence-electron chi connectivity index (χ0n) is 7.27. The lowest BCUT2D eigenvalue weighted by atomic mass is 10.3. The van der Waals surface area contributed by atoms with Gasteiger partial charge in [0.1, 0.15) is 6.54 Å². The van der Waals surface area contributed by atoms with Crippen LogP contribution in [-0.2, 0) is 11.3 Å². The molecule has 0 aliphatic heterocycles. The molecule has 0 atom stereocenters. The lowest BCUT2D eigenvalue weighted by Crippen LogP contribution is -2.23. The third-order valence-corrected chi connectivity index (χ3v) is 2.92. The van der Waals surface area contributed by atoms with Crippen molar-refractivity contribution in [2.24, 2.45) is 5.73 Å². The number of carbonyl (C=O) groups excluding carboxylic acids is 1. The fourth-order valence-electron chi connectivity index (χ4n) is 1.26. The summed E-state index contributed by atoms with van der Waals surface area (Å²) < 4.78 is 2.24. The molecule has 1 heterocycles. The van der Waals surface area contributed by atoms with E-state index in [-0.39, 0.29) is 12.1 Å². The molecule has 0 aliphatic carbocycles. The van der Waals surface area contributed by atoms with Gasteiger partial charge in [-0.2, -0.15) is 0 Å². The van der Waals surface area contributed by atoms with E-state index in [4.69, 9.17) is 5.73 Å². The highest BCUT2D eigenvalue weighted by molar-refractivity contribution is 7.13. The summed E-state index contributed by atoms with van der Waals surface area (Å²) in [6, 6.07) is 7.24. The summed E-state index contributed by atoms with van der Waals surface area (Å²) in [4.78, 5) is 22.3. The fraction of sp³-hybridized carbons (Fsp3) is 0.111. The number of carbonyl (C=O) groups is 1. The first-order valence-electron chi connectivity index (χ1n) is 4.05. The summed E-state index contributed by atoms with van der Waals surface area (Å²) in [7, 11) is 0. The quantitative estimate of drug-likeness (QED) is 0.783. The molecule has 5 heteroatoms. The molecular formula is C9H8N2O2S. The minimum atomic E-state index is -0.501. The van der Waals surface area contributed by atoms with E-state index in [9.17, 15) is 9.59 Å². The number of benzene rings is 1. The molecule has 14 heavy (non-hydrogen) atoms. The van der Waals surface area contributed by atoms with Gasteiger partial charge in [0.15, 0.2) is 0 Å². The van der Waals surface area contributed by atoms with Gasteiger partial charge in [-0.15, -0.1) is 0 Å². The second kappa shape index (κ2) is 3.26. The smallest absolute Gasteiger partial charge is 0.268 e. The van der Waals surface area contributed by atoms with Crippen LogP contribution in [0.2, 0.25) is 0 Å². The molecule has 0 spiro atoms. The number of nitrogens with two attached hydrogens (primary N) is 1. The van der Waals surface area contributed by atoms with E-state index in [2.05, 4.69) is 0 Å². The lowest BCUT2D eigenvalue weighted by molar-refractivity contribution is -0.118. The van der Waals surface area contributed by atoms with Crippen LogP contribution < -0.4 is 11.3 Å². The van der Waals surface area contributed by atoms with E-state index >= 15 is 0 Å². The molecule has 2 aromatic rings. The van der Waals surface area contributed by atoms with Crippen molar-refractivity contribution in [1.29, 1.82) is 0 Å². The molecule has 1 aromatic carbocycles. The predicted molar refractivity (Wildman–Crippen MR) is 55.3 cm³/mol. The van der Waals surface area contributed by atoms with E-state index in [1.54, 1.807) is 12.1 Å². The largest absolute Gasteiger partial charge is 0.368 e. The number of rotatable bonds is 2. The minimum Gasteiger partial charge on any atom is -0.368 e. The van der Waals surface area contributed by atoms with Gasteiger partial charge in [-0.05, 0) is 12.1 Å². The van der Waals surface area contributed by atoms with Gasteiger partial charge in [0.2, 0.25) is 5.91 Å². The Balaban J connectivity index is 2.63. The zero-order chi connectivity index (χ0) is 10.1. The van der Waals surface area contributed by atoms with Crippen LogP contribution in [0, 0.1) is 0 Å². The van der Waals surface area contributed by atoms with Gasteiger partial charge >= 0.3 is 0 Å². The first-order valence-corrected chi connectivity index (χ1v) is 4.83. The molecule has 0 bridgehead atoms. The van der Waals surface area contributed by atoms with Crippen molar-refractivity contribution in [3.63, 3.8) is 0 Å². The van der Waals surface area contributed by atoms with E-state index in [1.165, 1.54) is 15.5 Å². The van der Waals surface area contributed by atoms with Crippen molar-refractivity contribution in [2.45, 2.75) is 6.54 Å². The monoisotopic (exact) mass is 208 g/mol. The molecule has 0 aliphatic rings. The summed E-state index contributed by atoms with van der Waals surface area (Å²) in [6.07, 6.45) is 0. The van der Waals surface area contributed by atoms with Crippen LogP contribution in [0.5, 0.6) is 0 Å². The highest BCUT2D eigenvalue weighted by atomic mass is 32.1. The van der Waals surface area contributed by atoms with Gasteiger partial charge in [-0.3, -0.25) is 13.5 Å². The Labute approximate surface area is 83.7 Å². The molecule has 0 saturated carbocycles. The SMILES string of the molecule is NC(=O)Cn1sc2ccccc2c1=O. The van der Waals surface area contributed by atoms with Gasteiger partial charge in [0.25, 0.3) is 5.56 Å². The van der Waals surface area contributed by atoms with Crippen LogP contribution in [0.1, 0.15) is 0 Å². The fourth-order valence-corrected chi connectivity index (χ4v) is 2.27. The van der Waals surface area contributed by atoms with Crippen LogP contribution in [-0.4, -0.2) is 9.86 Å². The number of primary amides is 1. The highest BCUT2D eigenvalue weighted by Gasteiger charge is 2.07. The second-order valence-electron chi connectivity index (χ2n) is 2.90. The van der Waals surface area contributed by atoms with Crippen molar-refractivity contribution in [3.8, 4) is 0 Å². The van der Waals surface area contributed by atoms with Gasteiger partial charge in [-0.1, -0.05) is 23.7 Å². The van der Waals surface area contributed by atoms with Gasteiger partial charge < -0.3 is 5.73 Å². The number of nitrogens with zero attached hydrogens (tertiary/aromatic N) is 1. The van der Waals surface area contributed by atoms with Crippen molar-refractivity contribution in [3.05, 3.63) is 34.6 Å². The second-order valence-corrected chi connectivity index (χ2v) is 3.96. The maximum absolute atomic E-state index is 11.6. The third kappa shape index (κ3) is 1.42. The molecule has 0 fully saturated rings. The van der Waals surface area contributed by atoms with Crippen LogP contribution in [0.15, 0.2) is 29.1 Å². The third-order valence-electron chi connectivity index (χ3n) is 1.85. The van der Waals surface area contributed by atoms with Crippen molar-refractivity contribution < 1.29 is 4.79 Å². The van der Waals surface area contributed by atoms with Gasteiger partial charge in [0.05, 0.1) is 10.1 Å². The van der Waals surface area contributed by atoms with Crippen molar-refractivity contribution >= 4 is 27.5 Å². The normalized spacial score (nSPS) is 10.6. The Morgan fingerprint density at radius 3 is 2.79 bits per heavy atom. The summed E-state index contributed by atoms with van der Waals surface area (Å²) in [5.74, 6) is -0.501. The van der Waals surface area contributed by atoms with Crippen molar-refractivity contribution in [1.82, 2.24) is 3.96 Å². The molecular weight excluding hydrogens is 200 g/mol. The first kappa shape index (κ1) is 8.96. The standard InChI is InChI=1S/C9H8N2O2S/c10-8(12)5-11-9(13)6-3-1-2-4-7(6)14-11/h1-4H,5H2,(H2,10,12). The minimum absolute atomic E-state index is 0.0435. The maximum atomic E-state index is 11.6. The number of aromatic nitrogens is 1. The molecule has 0 saturated heterocycles. The number of hydrogen-bond donors (Lipinski definition) is 1. The zero-order valence-corrected chi connectivity index (χ0v) is 8.08. The Kier molecular flexibility index (Phi) is 2.09. The maximum Gasteiger partial charge on any atom is 0.268 e. The lowest BCUT2D eigenvalue weighted by Gasteiger charge is -1.92. The molecule has 0 unspecified atom stereocenters. The van der Waals surface area contributed by atoms with E-state index in [1.807, 2.05) is 12.1 Å². The van der Waals surface area contributed by atoms with Crippen molar-refractivity contribution in [2.75, 3.05) is 0 Å². The molecule has 2 N–H and O–H groups in total. The van der Waals surface area contributed by atoms with Crippen LogP contribution in [0.4, 0.5) is 0 Å². The Morgan fingerprint density at radius 2 is 2.14 bits per heavy atom. The topological polar surface area (TPSA) is 65.1 Å². The molecule has 4 nitrogen and oxygen atoms in total. The Morgan fingerprint density at radius 1 is 1.43 bits per heavy atom. The number of fused-ring (bicyclic) bond motifs is 1. The number of amides is 1. The molecule has 72 valence electrons. The number of hydrogen-bond acceptors (Lipinski definition) is 3. The van der Waals surface area contributed by atoms with Crippen LogP contribution >= 0.6 is 11.5 Å². The molecule has 1 amide bonds. The summed E-state index contributed by atoms with van der Waals surface area (Å²) >= 11 is 1.26. The summed E-state index contributed by atoms with van der Waals surface area (Å²) in [6.45, 7) is -0.0435. The Hall–Kier alpha value is -1.62. The van der Waals surface area contributed by atoms with Crippen LogP contribution in [0.25, 0.3) is 10.1 Å². The average molecular weight is 208 g/mol. The predicted octanol–water partition coefficient (Wildman–Crippen LogP) is 0.548. The van der Waals surface area contributed by atoms with Crippen LogP contribution in [0.3, 0.4) is 0 Å². The molecule has 0 radical (unpaired) electrons. The molecule has 2 rings (SSSR count). The van der Waals surface area contributed by atoms with Gasteiger partial charge in [-0.25, -0.2) is 0 Å². The summed E-state index contributed by atoms with van der Waals surface area (Å²) in [5.41, 5.74) is 4.87. The van der Waals surface area contributed by atoms with E-state index in [0.29, 0.717) is 5.39 Å². The van der Waals surface area contributed by atoms with E-state index < -0.39 is 5.91 Å². The Bertz CT molecular complexity index is 541. The van der Waals surface area contributed by atoms with E-state index in [0.717, 1.165) is 4.70 Å². The summed E-state index contributed by atoms with van der Waals surface area (Å²) in [5, 5.41) is 0.638.